The van der Waals surface area contributed by atoms with Crippen molar-refractivity contribution in [1.82, 2.24) is 10.6 Å². The first-order valence-corrected chi connectivity index (χ1v) is 8.62. The average Bonchev–Trinajstić information content (AvgIpc) is 2.53. The number of hydrogen-bond donors (Lipinski definition) is 2. The zero-order valence-corrected chi connectivity index (χ0v) is 15.8. The summed E-state index contributed by atoms with van der Waals surface area (Å²) in [5.74, 6) is 0.168. The van der Waals surface area contributed by atoms with Crippen molar-refractivity contribution < 1.29 is 14.3 Å². The molecule has 0 bridgehead atoms. The fraction of sp³-hybridized carbons (Fsp3) is 0.941. The molecule has 0 aromatic carbocycles. The van der Waals surface area contributed by atoms with E-state index in [1.807, 2.05) is 0 Å². The van der Waals surface area contributed by atoms with E-state index in [1.54, 1.807) is 14.2 Å². The molecule has 2 fully saturated rings. The number of hydrogen-bond acceptors (Lipinski definition) is 4. The van der Waals surface area contributed by atoms with Crippen LogP contribution < -0.4 is 10.6 Å². The highest BCUT2D eigenvalue weighted by atomic mass is 35.5. The van der Waals surface area contributed by atoms with E-state index in [-0.39, 0.29) is 41.3 Å². The van der Waals surface area contributed by atoms with E-state index in [0.717, 1.165) is 45.2 Å². The SMILES string of the molecule is CCC1(CC)C(NC(=O)C2(COC)CCNCC2)CC1OC.Cl. The van der Waals surface area contributed by atoms with Gasteiger partial charge in [0.05, 0.1) is 18.1 Å². The number of piperidine rings is 1. The molecule has 2 N–H and O–H groups in total. The van der Waals surface area contributed by atoms with Crippen LogP contribution in [0, 0.1) is 10.8 Å². The summed E-state index contributed by atoms with van der Waals surface area (Å²) in [6.45, 7) is 6.67. The number of ether oxygens (including phenoxy) is 2. The van der Waals surface area contributed by atoms with Crippen LogP contribution in [0.3, 0.4) is 0 Å². The molecule has 1 heterocycles. The first-order chi connectivity index (χ1) is 10.6. The van der Waals surface area contributed by atoms with Crippen LogP contribution >= 0.6 is 12.4 Å². The molecule has 5 nitrogen and oxygen atoms in total. The van der Waals surface area contributed by atoms with Crippen molar-refractivity contribution in [2.45, 2.75) is 58.1 Å². The maximum absolute atomic E-state index is 13.0. The van der Waals surface area contributed by atoms with E-state index < -0.39 is 0 Å². The molecule has 136 valence electrons. The number of carbonyl (C=O) groups is 1. The van der Waals surface area contributed by atoms with Gasteiger partial charge in [-0.3, -0.25) is 4.79 Å². The minimum absolute atomic E-state index is 0. The molecule has 1 aliphatic heterocycles. The Morgan fingerprint density at radius 1 is 1.22 bits per heavy atom. The highest BCUT2D eigenvalue weighted by Gasteiger charge is 2.54. The summed E-state index contributed by atoms with van der Waals surface area (Å²) < 4.78 is 11.0. The zero-order chi connectivity index (χ0) is 16.2. The minimum Gasteiger partial charge on any atom is -0.384 e. The molecule has 0 spiro atoms. The van der Waals surface area contributed by atoms with E-state index in [4.69, 9.17) is 9.47 Å². The highest BCUT2D eigenvalue weighted by molar-refractivity contribution is 5.85. The summed E-state index contributed by atoms with van der Waals surface area (Å²) in [4.78, 5) is 13.0. The number of halogens is 1. The van der Waals surface area contributed by atoms with Crippen molar-refractivity contribution in [2.75, 3.05) is 33.9 Å². The summed E-state index contributed by atoms with van der Waals surface area (Å²) in [5.41, 5.74) is -0.281. The van der Waals surface area contributed by atoms with Gasteiger partial charge in [-0.05, 0) is 45.2 Å². The normalized spacial score (nSPS) is 28.3. The van der Waals surface area contributed by atoms with Gasteiger partial charge in [-0.1, -0.05) is 13.8 Å². The summed E-state index contributed by atoms with van der Waals surface area (Å²) >= 11 is 0. The van der Waals surface area contributed by atoms with E-state index in [9.17, 15) is 4.79 Å². The Balaban J connectivity index is 0.00000264. The summed E-state index contributed by atoms with van der Waals surface area (Å²) in [6.07, 6.45) is 4.94. The van der Waals surface area contributed by atoms with Crippen molar-refractivity contribution in [3.8, 4) is 0 Å². The number of methoxy groups -OCH3 is 2. The molecule has 1 saturated carbocycles. The molecule has 6 heteroatoms. The van der Waals surface area contributed by atoms with Crippen molar-refractivity contribution in [3.05, 3.63) is 0 Å². The Morgan fingerprint density at radius 3 is 2.30 bits per heavy atom. The van der Waals surface area contributed by atoms with Crippen LogP contribution in [0.25, 0.3) is 0 Å². The lowest BCUT2D eigenvalue weighted by Crippen LogP contribution is -2.66. The third-order valence-corrected chi connectivity index (χ3v) is 6.15. The molecule has 0 radical (unpaired) electrons. The Kier molecular flexibility index (Phi) is 7.78. The molecular weight excluding hydrogens is 316 g/mol. The Labute approximate surface area is 146 Å². The van der Waals surface area contributed by atoms with E-state index in [2.05, 4.69) is 24.5 Å². The van der Waals surface area contributed by atoms with Gasteiger partial charge in [0.15, 0.2) is 0 Å². The second-order valence-corrected chi connectivity index (χ2v) is 6.89. The lowest BCUT2D eigenvalue weighted by atomic mass is 9.58. The lowest BCUT2D eigenvalue weighted by Gasteiger charge is -2.55. The molecule has 2 unspecified atom stereocenters. The molecule has 1 amide bonds. The van der Waals surface area contributed by atoms with Gasteiger partial charge >= 0.3 is 0 Å². The van der Waals surface area contributed by atoms with Gasteiger partial charge < -0.3 is 20.1 Å². The molecule has 2 aliphatic rings. The number of rotatable bonds is 7. The smallest absolute Gasteiger partial charge is 0.228 e. The van der Waals surface area contributed by atoms with E-state index in [1.165, 1.54) is 0 Å². The van der Waals surface area contributed by atoms with Crippen LogP contribution in [0.2, 0.25) is 0 Å². The van der Waals surface area contributed by atoms with Crippen LogP contribution in [-0.2, 0) is 14.3 Å². The molecular formula is C17H33ClN2O3. The number of amides is 1. The van der Waals surface area contributed by atoms with E-state index in [0.29, 0.717) is 6.61 Å². The quantitative estimate of drug-likeness (QED) is 0.740. The molecule has 1 aliphatic carbocycles. The van der Waals surface area contributed by atoms with Crippen LogP contribution in [0.5, 0.6) is 0 Å². The number of carbonyl (C=O) groups excluding carboxylic acids is 1. The van der Waals surface area contributed by atoms with Gasteiger partial charge in [-0.2, -0.15) is 0 Å². The Morgan fingerprint density at radius 2 is 1.83 bits per heavy atom. The van der Waals surface area contributed by atoms with Gasteiger partial charge in [0.2, 0.25) is 5.91 Å². The van der Waals surface area contributed by atoms with Crippen molar-refractivity contribution >= 4 is 18.3 Å². The summed E-state index contributed by atoms with van der Waals surface area (Å²) in [7, 11) is 3.46. The topological polar surface area (TPSA) is 59.6 Å². The second kappa shape index (κ2) is 8.65. The maximum Gasteiger partial charge on any atom is 0.228 e. The van der Waals surface area contributed by atoms with Gasteiger partial charge in [-0.15, -0.1) is 12.4 Å². The predicted molar refractivity (Wildman–Crippen MR) is 94.0 cm³/mol. The molecule has 2 rings (SSSR count). The summed E-state index contributed by atoms with van der Waals surface area (Å²) in [5, 5.41) is 6.68. The Bertz CT molecular complexity index is 377. The van der Waals surface area contributed by atoms with Gasteiger partial charge in [0, 0.05) is 25.7 Å². The Hall–Kier alpha value is -0.360. The largest absolute Gasteiger partial charge is 0.384 e. The van der Waals surface area contributed by atoms with Crippen LogP contribution in [-0.4, -0.2) is 52.0 Å². The van der Waals surface area contributed by atoms with Crippen molar-refractivity contribution in [3.63, 3.8) is 0 Å². The van der Waals surface area contributed by atoms with Gasteiger partial charge in [-0.25, -0.2) is 0 Å². The maximum atomic E-state index is 13.0. The zero-order valence-electron chi connectivity index (χ0n) is 14.9. The van der Waals surface area contributed by atoms with Crippen LogP contribution in [0.4, 0.5) is 0 Å². The first kappa shape index (κ1) is 20.7. The average molecular weight is 349 g/mol. The van der Waals surface area contributed by atoms with Crippen LogP contribution in [0.15, 0.2) is 0 Å². The molecule has 2 atom stereocenters. The number of nitrogens with one attached hydrogen (secondary N) is 2. The second-order valence-electron chi connectivity index (χ2n) is 6.89. The third-order valence-electron chi connectivity index (χ3n) is 6.15. The molecule has 0 aromatic rings. The van der Waals surface area contributed by atoms with Crippen molar-refractivity contribution in [1.29, 1.82) is 0 Å². The standard InChI is InChI=1S/C17H32N2O3.ClH/c1-5-17(6-2)13(11-14(17)22-4)19-15(20)16(12-21-3)7-9-18-10-8-16;/h13-14,18H,5-12H2,1-4H3,(H,19,20);1H. The summed E-state index contributed by atoms with van der Waals surface area (Å²) in [6, 6.07) is 0.226. The first-order valence-electron chi connectivity index (χ1n) is 8.62. The molecule has 0 aromatic heterocycles. The van der Waals surface area contributed by atoms with Crippen LogP contribution in [0.1, 0.15) is 46.0 Å². The predicted octanol–water partition coefficient (Wildman–Crippen LogP) is 2.13. The molecule has 1 saturated heterocycles. The van der Waals surface area contributed by atoms with E-state index >= 15 is 0 Å². The monoisotopic (exact) mass is 348 g/mol. The lowest BCUT2D eigenvalue weighted by molar-refractivity contribution is -0.152. The molecule has 23 heavy (non-hydrogen) atoms. The fourth-order valence-corrected chi connectivity index (χ4v) is 4.41. The highest BCUT2D eigenvalue weighted by Crippen LogP contribution is 2.49. The van der Waals surface area contributed by atoms with Gasteiger partial charge in [0.1, 0.15) is 0 Å². The third kappa shape index (κ3) is 3.68. The minimum atomic E-state index is -0.370. The van der Waals surface area contributed by atoms with Crippen molar-refractivity contribution in [2.24, 2.45) is 10.8 Å². The fourth-order valence-electron chi connectivity index (χ4n) is 4.41. The van der Waals surface area contributed by atoms with Gasteiger partial charge in [0.25, 0.3) is 0 Å².